The van der Waals surface area contributed by atoms with Crippen molar-refractivity contribution in [3.8, 4) is 5.75 Å². The van der Waals surface area contributed by atoms with Gasteiger partial charge in [0.2, 0.25) is 0 Å². The molecule has 0 aliphatic heterocycles. The number of carbonyl (C=O) groups is 1. The zero-order valence-corrected chi connectivity index (χ0v) is 8.80. The summed E-state index contributed by atoms with van der Waals surface area (Å²) in [5.74, 6) is 0.190. The second kappa shape index (κ2) is 4.39. The minimum absolute atomic E-state index is 0.336. The van der Waals surface area contributed by atoms with E-state index in [0.29, 0.717) is 12.3 Å². The molecule has 13 heavy (non-hydrogen) atoms. The van der Waals surface area contributed by atoms with Crippen LogP contribution in [0.4, 0.5) is 0 Å². The van der Waals surface area contributed by atoms with Gasteiger partial charge in [0.15, 0.2) is 0 Å². The largest absolute Gasteiger partial charge is 0.426 e. The molecule has 2 N–H and O–H groups in total. The lowest BCUT2D eigenvalue weighted by atomic mass is 10.2. The second-order valence-corrected chi connectivity index (χ2v) is 3.47. The summed E-state index contributed by atoms with van der Waals surface area (Å²) in [6.45, 7) is 1.71. The van der Waals surface area contributed by atoms with Crippen molar-refractivity contribution in [1.82, 2.24) is 0 Å². The van der Waals surface area contributed by atoms with E-state index in [2.05, 4.69) is 15.9 Å². The van der Waals surface area contributed by atoms with Gasteiger partial charge in [-0.1, -0.05) is 15.9 Å². The fraction of sp³-hybridized carbons (Fsp3) is 0.222. The van der Waals surface area contributed by atoms with Crippen molar-refractivity contribution in [2.75, 3.05) is 0 Å². The van der Waals surface area contributed by atoms with Crippen LogP contribution in [0.3, 0.4) is 0 Å². The van der Waals surface area contributed by atoms with Crippen LogP contribution in [-0.2, 0) is 11.3 Å². The molecule has 0 heterocycles. The number of ether oxygens (including phenoxy) is 1. The Kier molecular flexibility index (Phi) is 3.45. The summed E-state index contributed by atoms with van der Waals surface area (Å²) >= 11 is 3.31. The van der Waals surface area contributed by atoms with Crippen LogP contribution in [0.25, 0.3) is 0 Å². The Hall–Kier alpha value is -0.870. The highest BCUT2D eigenvalue weighted by atomic mass is 79.9. The molecule has 0 unspecified atom stereocenters. The Labute approximate surface area is 85.0 Å². The average Bonchev–Trinajstić information content (AvgIpc) is 2.07. The zero-order chi connectivity index (χ0) is 9.84. The van der Waals surface area contributed by atoms with E-state index in [1.165, 1.54) is 6.92 Å². The fourth-order valence-electron chi connectivity index (χ4n) is 0.962. The number of esters is 1. The van der Waals surface area contributed by atoms with Gasteiger partial charge in [-0.25, -0.2) is 0 Å². The number of hydrogen-bond acceptors (Lipinski definition) is 3. The highest BCUT2D eigenvalue weighted by molar-refractivity contribution is 9.10. The molecule has 0 aliphatic rings. The van der Waals surface area contributed by atoms with Gasteiger partial charge in [-0.3, -0.25) is 4.79 Å². The van der Waals surface area contributed by atoms with E-state index < -0.39 is 0 Å². The highest BCUT2D eigenvalue weighted by Gasteiger charge is 2.04. The number of halogens is 1. The van der Waals surface area contributed by atoms with Gasteiger partial charge in [-0.15, -0.1) is 0 Å². The highest BCUT2D eigenvalue weighted by Crippen LogP contribution is 2.22. The number of rotatable bonds is 2. The van der Waals surface area contributed by atoms with Gasteiger partial charge in [0.05, 0.1) is 0 Å². The SMILES string of the molecule is CC(=O)Oc1ccc(Br)cc1CN. The van der Waals surface area contributed by atoms with E-state index in [9.17, 15) is 4.79 Å². The predicted molar refractivity (Wildman–Crippen MR) is 53.3 cm³/mol. The minimum Gasteiger partial charge on any atom is -0.426 e. The Morgan fingerprint density at radius 2 is 2.31 bits per heavy atom. The van der Waals surface area contributed by atoms with Crippen LogP contribution in [0.5, 0.6) is 5.75 Å². The molecule has 3 nitrogen and oxygen atoms in total. The molecular formula is C9H10BrNO2. The maximum Gasteiger partial charge on any atom is 0.308 e. The third kappa shape index (κ3) is 2.82. The first kappa shape index (κ1) is 10.2. The van der Waals surface area contributed by atoms with E-state index in [1.54, 1.807) is 12.1 Å². The van der Waals surface area contributed by atoms with E-state index in [0.717, 1.165) is 10.0 Å². The van der Waals surface area contributed by atoms with Crippen molar-refractivity contribution < 1.29 is 9.53 Å². The van der Waals surface area contributed by atoms with Crippen molar-refractivity contribution in [1.29, 1.82) is 0 Å². The predicted octanol–water partition coefficient (Wildman–Crippen LogP) is 1.83. The van der Waals surface area contributed by atoms with Gasteiger partial charge in [-0.2, -0.15) is 0 Å². The van der Waals surface area contributed by atoms with Crippen LogP contribution < -0.4 is 10.5 Å². The Balaban J connectivity index is 2.99. The maximum absolute atomic E-state index is 10.7. The smallest absolute Gasteiger partial charge is 0.308 e. The van der Waals surface area contributed by atoms with Crippen LogP contribution in [0, 0.1) is 0 Å². The monoisotopic (exact) mass is 243 g/mol. The summed E-state index contributed by atoms with van der Waals surface area (Å²) < 4.78 is 5.87. The van der Waals surface area contributed by atoms with Crippen LogP contribution >= 0.6 is 15.9 Å². The molecule has 0 bridgehead atoms. The van der Waals surface area contributed by atoms with Crippen molar-refractivity contribution in [3.63, 3.8) is 0 Å². The lowest BCUT2D eigenvalue weighted by Crippen LogP contribution is -2.06. The molecule has 0 saturated carbocycles. The van der Waals surface area contributed by atoms with Crippen molar-refractivity contribution >= 4 is 21.9 Å². The summed E-state index contributed by atoms with van der Waals surface area (Å²) in [6.07, 6.45) is 0. The summed E-state index contributed by atoms with van der Waals surface area (Å²) in [7, 11) is 0. The third-order valence-corrected chi connectivity index (χ3v) is 1.99. The van der Waals surface area contributed by atoms with Gasteiger partial charge >= 0.3 is 5.97 Å². The first-order chi connectivity index (χ1) is 6.13. The minimum atomic E-state index is -0.336. The first-order valence-electron chi connectivity index (χ1n) is 3.80. The molecule has 0 aromatic heterocycles. The first-order valence-corrected chi connectivity index (χ1v) is 4.59. The lowest BCUT2D eigenvalue weighted by Gasteiger charge is -2.06. The molecule has 70 valence electrons. The number of hydrogen-bond donors (Lipinski definition) is 1. The third-order valence-electron chi connectivity index (χ3n) is 1.50. The number of carbonyl (C=O) groups excluding carboxylic acids is 1. The normalized spacial score (nSPS) is 9.77. The molecule has 0 radical (unpaired) electrons. The molecule has 1 rings (SSSR count). The summed E-state index contributed by atoms with van der Waals surface area (Å²) in [5.41, 5.74) is 6.29. The van der Waals surface area contributed by atoms with Crippen LogP contribution in [-0.4, -0.2) is 5.97 Å². The maximum atomic E-state index is 10.7. The Morgan fingerprint density at radius 1 is 1.62 bits per heavy atom. The summed E-state index contributed by atoms with van der Waals surface area (Å²) in [6, 6.07) is 5.35. The number of benzene rings is 1. The number of nitrogens with two attached hydrogens (primary N) is 1. The Morgan fingerprint density at radius 3 is 2.85 bits per heavy atom. The quantitative estimate of drug-likeness (QED) is 0.637. The molecule has 0 saturated heterocycles. The van der Waals surface area contributed by atoms with Crippen LogP contribution in [0.15, 0.2) is 22.7 Å². The molecule has 0 amide bonds. The standard InChI is InChI=1S/C9H10BrNO2/c1-6(12)13-9-3-2-8(10)4-7(9)5-11/h2-4H,5,11H2,1H3. The molecular weight excluding hydrogens is 234 g/mol. The molecule has 0 aliphatic carbocycles. The molecule has 1 aromatic rings. The van der Waals surface area contributed by atoms with Gasteiger partial charge < -0.3 is 10.5 Å². The topological polar surface area (TPSA) is 52.3 Å². The lowest BCUT2D eigenvalue weighted by molar-refractivity contribution is -0.131. The van der Waals surface area contributed by atoms with Crippen LogP contribution in [0.1, 0.15) is 12.5 Å². The molecule has 0 fully saturated rings. The second-order valence-electron chi connectivity index (χ2n) is 2.55. The van der Waals surface area contributed by atoms with Crippen molar-refractivity contribution in [2.45, 2.75) is 13.5 Å². The fourth-order valence-corrected chi connectivity index (χ4v) is 1.37. The van der Waals surface area contributed by atoms with Crippen molar-refractivity contribution in [2.24, 2.45) is 5.73 Å². The molecule has 0 spiro atoms. The Bertz CT molecular complexity index is 325. The average molecular weight is 244 g/mol. The van der Waals surface area contributed by atoms with Crippen molar-refractivity contribution in [3.05, 3.63) is 28.2 Å². The van der Waals surface area contributed by atoms with Gasteiger partial charge in [0.1, 0.15) is 5.75 Å². The van der Waals surface area contributed by atoms with Crippen LogP contribution in [0.2, 0.25) is 0 Å². The molecule has 4 heteroatoms. The molecule has 1 aromatic carbocycles. The van der Waals surface area contributed by atoms with E-state index in [4.69, 9.17) is 10.5 Å². The molecule has 0 atom stereocenters. The van der Waals surface area contributed by atoms with Gasteiger partial charge in [-0.05, 0) is 18.2 Å². The van der Waals surface area contributed by atoms with Gasteiger partial charge in [0.25, 0.3) is 0 Å². The summed E-state index contributed by atoms with van der Waals surface area (Å²) in [4.78, 5) is 10.7. The van der Waals surface area contributed by atoms with E-state index >= 15 is 0 Å². The zero-order valence-electron chi connectivity index (χ0n) is 7.21. The van der Waals surface area contributed by atoms with Gasteiger partial charge in [0, 0.05) is 23.5 Å². The van der Waals surface area contributed by atoms with E-state index in [1.807, 2.05) is 6.07 Å². The summed E-state index contributed by atoms with van der Waals surface area (Å²) in [5, 5.41) is 0. The van der Waals surface area contributed by atoms with E-state index in [-0.39, 0.29) is 5.97 Å².